The quantitative estimate of drug-likeness (QED) is 0.825. The maximum atomic E-state index is 13.3. The zero-order valence-electron chi connectivity index (χ0n) is 16.9. The second kappa shape index (κ2) is 7.11. The Kier molecular flexibility index (Phi) is 4.74. The molecule has 4 rings (SSSR count). The lowest BCUT2D eigenvalue weighted by Gasteiger charge is -2.27. The molecule has 0 bridgehead atoms. The number of fused-ring (bicyclic) bond motifs is 1. The summed E-state index contributed by atoms with van der Waals surface area (Å²) in [6.07, 6.45) is 2.50. The topological polar surface area (TPSA) is 98.7 Å². The van der Waals surface area contributed by atoms with Crippen LogP contribution in [0.25, 0.3) is 0 Å². The largest absolute Gasteiger partial charge is 0.388 e. The molecule has 2 amide bonds. The summed E-state index contributed by atoms with van der Waals surface area (Å²) in [5.41, 5.74) is 1.39. The van der Waals surface area contributed by atoms with Crippen molar-refractivity contribution in [2.45, 2.75) is 45.1 Å². The number of carbonyl (C=O) groups is 2. The molecule has 0 saturated carbocycles. The molecule has 152 valence electrons. The number of piperidine rings is 1. The number of carbonyl (C=O) groups excluding carboxylic acids is 2. The molecule has 1 fully saturated rings. The number of hydrogen-bond donors (Lipinski definition) is 2. The van der Waals surface area contributed by atoms with Crippen molar-refractivity contribution in [2.24, 2.45) is 0 Å². The van der Waals surface area contributed by atoms with Crippen LogP contribution in [0.1, 0.15) is 44.5 Å². The first kappa shape index (κ1) is 19.3. The van der Waals surface area contributed by atoms with E-state index in [1.165, 1.54) is 0 Å². The first-order valence-corrected chi connectivity index (χ1v) is 9.83. The summed E-state index contributed by atoms with van der Waals surface area (Å²) < 4.78 is 0. The Hall–Kier alpha value is -3.00. The van der Waals surface area contributed by atoms with E-state index in [0.717, 1.165) is 25.1 Å². The predicted octanol–water partition coefficient (Wildman–Crippen LogP) is 2.48. The molecule has 29 heavy (non-hydrogen) atoms. The average Bonchev–Trinajstić information content (AvgIpc) is 2.93. The van der Waals surface area contributed by atoms with E-state index in [-0.39, 0.29) is 24.2 Å². The van der Waals surface area contributed by atoms with Crippen LogP contribution in [-0.4, -0.2) is 40.5 Å². The average molecular weight is 395 g/mol. The number of nitrogens with one attached hydrogen (secondary N) is 1. The minimum Gasteiger partial charge on any atom is -0.388 e. The number of amides is 2. The maximum absolute atomic E-state index is 13.3. The second-order valence-corrected chi connectivity index (χ2v) is 7.88. The Morgan fingerprint density at radius 2 is 1.79 bits per heavy atom. The van der Waals surface area contributed by atoms with Crippen LogP contribution in [0.15, 0.2) is 24.3 Å². The molecule has 2 N–H and O–H groups in total. The maximum Gasteiger partial charge on any atom is 0.243 e. The highest BCUT2D eigenvalue weighted by Gasteiger charge is 2.48. The standard InChI is InChI=1S/C21H25N5O3/c1-21(2)17-18(22-3)23-15(12-27)24-19(17)26(20(21)29)14-9-7-13(8-10-14)25-11-5-4-6-16(25)28/h7-10,27H,4-6,11-12H2,1-3H3,(H,22,23,24). The number of hydrogen-bond acceptors (Lipinski definition) is 6. The van der Waals surface area contributed by atoms with E-state index in [0.29, 0.717) is 29.3 Å². The van der Waals surface area contributed by atoms with Crippen LogP contribution in [0.5, 0.6) is 0 Å². The minimum atomic E-state index is -0.816. The third kappa shape index (κ3) is 3.04. The van der Waals surface area contributed by atoms with E-state index in [9.17, 15) is 14.7 Å². The molecule has 0 unspecified atom stereocenters. The Morgan fingerprint density at radius 1 is 1.10 bits per heavy atom. The summed E-state index contributed by atoms with van der Waals surface area (Å²) in [6, 6.07) is 7.40. The van der Waals surface area contributed by atoms with Gasteiger partial charge in [0.05, 0.1) is 16.7 Å². The predicted molar refractivity (Wildman–Crippen MR) is 110 cm³/mol. The van der Waals surface area contributed by atoms with Gasteiger partial charge in [0, 0.05) is 25.7 Å². The lowest BCUT2D eigenvalue weighted by atomic mass is 9.87. The fourth-order valence-electron chi connectivity index (χ4n) is 4.07. The summed E-state index contributed by atoms with van der Waals surface area (Å²) in [4.78, 5) is 37.6. The summed E-state index contributed by atoms with van der Waals surface area (Å²) in [5, 5.41) is 12.6. The lowest BCUT2D eigenvalue weighted by molar-refractivity contribution is -0.121. The van der Waals surface area contributed by atoms with Crippen molar-refractivity contribution in [3.63, 3.8) is 0 Å². The number of anilines is 4. The van der Waals surface area contributed by atoms with Crippen LogP contribution in [0.3, 0.4) is 0 Å². The molecule has 0 atom stereocenters. The fraction of sp³-hybridized carbons (Fsp3) is 0.429. The fourth-order valence-corrected chi connectivity index (χ4v) is 4.07. The molecular formula is C21H25N5O3. The zero-order valence-corrected chi connectivity index (χ0v) is 16.9. The molecule has 3 heterocycles. The summed E-state index contributed by atoms with van der Waals surface area (Å²) in [6.45, 7) is 4.09. The highest BCUT2D eigenvalue weighted by Crippen LogP contribution is 2.47. The van der Waals surface area contributed by atoms with Gasteiger partial charge in [0.15, 0.2) is 5.82 Å². The van der Waals surface area contributed by atoms with Crippen LogP contribution in [0.4, 0.5) is 23.0 Å². The van der Waals surface area contributed by atoms with E-state index in [2.05, 4.69) is 15.3 Å². The van der Waals surface area contributed by atoms with Gasteiger partial charge in [0.25, 0.3) is 0 Å². The van der Waals surface area contributed by atoms with Crippen LogP contribution in [-0.2, 0) is 21.6 Å². The van der Waals surface area contributed by atoms with Crippen LogP contribution in [0.2, 0.25) is 0 Å². The highest BCUT2D eigenvalue weighted by atomic mass is 16.3. The van der Waals surface area contributed by atoms with Gasteiger partial charge in [0.1, 0.15) is 18.2 Å². The normalized spacial score (nSPS) is 18.2. The van der Waals surface area contributed by atoms with E-state index in [4.69, 9.17) is 0 Å². The number of nitrogens with zero attached hydrogens (tertiary/aromatic N) is 4. The van der Waals surface area contributed by atoms with E-state index < -0.39 is 5.41 Å². The van der Waals surface area contributed by atoms with Crippen molar-refractivity contribution in [1.82, 2.24) is 9.97 Å². The Balaban J connectivity index is 1.76. The molecular weight excluding hydrogens is 370 g/mol. The van der Waals surface area contributed by atoms with Crippen molar-refractivity contribution in [3.8, 4) is 0 Å². The summed E-state index contributed by atoms with van der Waals surface area (Å²) in [7, 11) is 1.73. The van der Waals surface area contributed by atoms with Crippen molar-refractivity contribution in [1.29, 1.82) is 0 Å². The van der Waals surface area contributed by atoms with E-state index in [1.54, 1.807) is 16.8 Å². The number of aliphatic hydroxyl groups excluding tert-OH is 1. The molecule has 1 aromatic carbocycles. The van der Waals surface area contributed by atoms with Gasteiger partial charge in [-0.25, -0.2) is 9.97 Å². The Bertz CT molecular complexity index is 971. The van der Waals surface area contributed by atoms with Crippen LogP contribution < -0.4 is 15.1 Å². The van der Waals surface area contributed by atoms with Crippen molar-refractivity contribution in [2.75, 3.05) is 28.7 Å². The van der Waals surface area contributed by atoms with Gasteiger partial charge >= 0.3 is 0 Å². The molecule has 2 aliphatic rings. The zero-order chi connectivity index (χ0) is 20.8. The van der Waals surface area contributed by atoms with Gasteiger partial charge in [0.2, 0.25) is 11.8 Å². The summed E-state index contributed by atoms with van der Waals surface area (Å²) in [5.74, 6) is 1.28. The van der Waals surface area contributed by atoms with Gasteiger partial charge in [-0.15, -0.1) is 0 Å². The molecule has 2 aliphatic heterocycles. The number of aromatic nitrogens is 2. The molecule has 0 spiro atoms. The van der Waals surface area contributed by atoms with Gasteiger partial charge in [-0.3, -0.25) is 14.5 Å². The second-order valence-electron chi connectivity index (χ2n) is 7.88. The third-order valence-corrected chi connectivity index (χ3v) is 5.63. The molecule has 0 radical (unpaired) electrons. The van der Waals surface area contributed by atoms with Gasteiger partial charge in [-0.2, -0.15) is 0 Å². The molecule has 1 aromatic heterocycles. The third-order valence-electron chi connectivity index (χ3n) is 5.63. The summed E-state index contributed by atoms with van der Waals surface area (Å²) >= 11 is 0. The molecule has 2 aromatic rings. The number of rotatable bonds is 4. The van der Waals surface area contributed by atoms with Crippen LogP contribution in [0, 0.1) is 0 Å². The molecule has 8 nitrogen and oxygen atoms in total. The van der Waals surface area contributed by atoms with E-state index in [1.807, 2.05) is 38.1 Å². The highest BCUT2D eigenvalue weighted by molar-refractivity contribution is 6.13. The van der Waals surface area contributed by atoms with Crippen LogP contribution >= 0.6 is 0 Å². The Labute approximate surface area is 169 Å². The van der Waals surface area contributed by atoms with E-state index >= 15 is 0 Å². The Morgan fingerprint density at radius 3 is 2.41 bits per heavy atom. The SMILES string of the molecule is CNc1nc(CO)nc2c1C(C)(C)C(=O)N2c1ccc(N2CCCCC2=O)cc1. The molecule has 1 saturated heterocycles. The minimum absolute atomic E-state index is 0.116. The number of aliphatic hydroxyl groups is 1. The van der Waals surface area contributed by atoms with Crippen molar-refractivity contribution in [3.05, 3.63) is 35.7 Å². The first-order chi connectivity index (χ1) is 13.9. The lowest BCUT2D eigenvalue weighted by Crippen LogP contribution is -2.35. The smallest absolute Gasteiger partial charge is 0.243 e. The first-order valence-electron chi connectivity index (χ1n) is 9.83. The number of benzene rings is 1. The monoisotopic (exact) mass is 395 g/mol. The van der Waals surface area contributed by atoms with Crippen molar-refractivity contribution < 1.29 is 14.7 Å². The molecule has 8 heteroatoms. The van der Waals surface area contributed by atoms with Gasteiger partial charge in [-0.1, -0.05) is 0 Å². The van der Waals surface area contributed by atoms with Gasteiger partial charge < -0.3 is 15.3 Å². The van der Waals surface area contributed by atoms with Gasteiger partial charge in [-0.05, 0) is 51.0 Å². The van der Waals surface area contributed by atoms with Crippen molar-refractivity contribution >= 4 is 34.8 Å². The molecule has 0 aliphatic carbocycles.